The zero-order valence-corrected chi connectivity index (χ0v) is 41.4. The van der Waals surface area contributed by atoms with E-state index in [-0.39, 0.29) is 25.6 Å². The lowest BCUT2D eigenvalue weighted by atomic mass is 10.0. The number of carbonyl (C=O) groups excluding carboxylic acids is 2. The lowest BCUT2D eigenvalue weighted by Gasteiger charge is -2.24. The Morgan fingerprint density at radius 3 is 1.07 bits per heavy atom. The van der Waals surface area contributed by atoms with E-state index < -0.39 is 26.5 Å². The molecule has 0 rings (SSSR count). The highest BCUT2D eigenvalue weighted by Crippen LogP contribution is 2.43. The number of nitrogens with zero attached hydrogens (tertiary/aromatic N) is 1. The molecule has 0 bridgehead atoms. The number of ether oxygens (including phenoxy) is 2. The fourth-order valence-electron chi connectivity index (χ4n) is 7.61. The fourth-order valence-corrected chi connectivity index (χ4v) is 8.35. The molecule has 0 saturated carbocycles. The third kappa shape index (κ3) is 46.5. The molecule has 2 unspecified atom stereocenters. The summed E-state index contributed by atoms with van der Waals surface area (Å²) in [4.78, 5) is 35.3. The van der Waals surface area contributed by atoms with E-state index >= 15 is 0 Å². The highest BCUT2D eigenvalue weighted by molar-refractivity contribution is 7.47. The zero-order valence-electron chi connectivity index (χ0n) is 40.5. The number of hydrogen-bond acceptors (Lipinski definition) is 7. The minimum atomic E-state index is -4.36. The predicted octanol–water partition coefficient (Wildman–Crippen LogP) is 15.1. The maximum absolute atomic E-state index is 12.7. The molecule has 0 radical (unpaired) electrons. The SMILES string of the molecule is CCCCCCCCCCCCCCCCCCCCCCCCCCCCCCC(=O)OC(COC(=O)CCCCCCCCCC)COP(=O)(O)OCC[N+](C)(C)C. The van der Waals surface area contributed by atoms with Gasteiger partial charge in [-0.1, -0.05) is 232 Å². The van der Waals surface area contributed by atoms with Crippen molar-refractivity contribution in [2.75, 3.05) is 47.5 Å². The number of likely N-dealkylation sites (N-methyl/N-ethyl adjacent to an activating group) is 1. The Morgan fingerprint density at radius 1 is 0.450 bits per heavy atom. The van der Waals surface area contributed by atoms with Crippen LogP contribution in [0.3, 0.4) is 0 Å². The van der Waals surface area contributed by atoms with Crippen LogP contribution in [0.15, 0.2) is 0 Å². The average Bonchev–Trinajstić information content (AvgIpc) is 3.20. The number of hydrogen-bond donors (Lipinski definition) is 1. The first kappa shape index (κ1) is 59.0. The number of rotatable bonds is 48. The van der Waals surface area contributed by atoms with Gasteiger partial charge in [0.2, 0.25) is 0 Å². The lowest BCUT2D eigenvalue weighted by Crippen LogP contribution is -2.37. The monoisotopic (exact) mass is 875 g/mol. The summed E-state index contributed by atoms with van der Waals surface area (Å²) in [5.74, 6) is -0.787. The normalized spacial score (nSPS) is 13.4. The van der Waals surface area contributed by atoms with Crippen molar-refractivity contribution in [3.05, 3.63) is 0 Å². The highest BCUT2D eigenvalue weighted by Gasteiger charge is 2.27. The standard InChI is InChI=1S/C50H100NO8P/c1-6-8-10-12-14-16-17-18-19-20-21-22-23-24-25-26-27-28-29-30-31-32-33-34-35-37-39-41-43-50(53)59-48(47-58-60(54,55)57-45-44-51(3,4)5)46-56-49(52)42-40-38-36-15-13-11-9-7-2/h48H,6-47H2,1-5H3/p+1. The molecule has 60 heavy (non-hydrogen) atoms. The van der Waals surface area contributed by atoms with Gasteiger partial charge in [-0.15, -0.1) is 0 Å². The molecule has 0 aromatic carbocycles. The van der Waals surface area contributed by atoms with E-state index in [2.05, 4.69) is 13.8 Å². The molecule has 0 aliphatic heterocycles. The maximum Gasteiger partial charge on any atom is 0.472 e. The zero-order chi connectivity index (χ0) is 44.3. The molecule has 0 aliphatic rings. The van der Waals surface area contributed by atoms with Crippen LogP contribution in [0.1, 0.15) is 258 Å². The molecule has 0 aromatic rings. The van der Waals surface area contributed by atoms with Crippen molar-refractivity contribution < 1.29 is 42.1 Å². The summed E-state index contributed by atoms with van der Waals surface area (Å²) in [6, 6.07) is 0. The second-order valence-electron chi connectivity index (χ2n) is 18.9. The first-order chi connectivity index (χ1) is 29.0. The van der Waals surface area contributed by atoms with Gasteiger partial charge in [-0.25, -0.2) is 4.57 Å². The number of unbranched alkanes of at least 4 members (excludes halogenated alkanes) is 34. The quantitative estimate of drug-likeness (QED) is 0.0279. The molecule has 0 fully saturated rings. The minimum Gasteiger partial charge on any atom is -0.462 e. The summed E-state index contributed by atoms with van der Waals surface area (Å²) in [5.41, 5.74) is 0. The van der Waals surface area contributed by atoms with Gasteiger partial charge in [-0.2, -0.15) is 0 Å². The first-order valence-electron chi connectivity index (χ1n) is 25.8. The van der Waals surface area contributed by atoms with Gasteiger partial charge in [-0.3, -0.25) is 18.6 Å². The third-order valence-corrected chi connectivity index (χ3v) is 12.6. The topological polar surface area (TPSA) is 108 Å². The molecule has 9 nitrogen and oxygen atoms in total. The summed E-state index contributed by atoms with van der Waals surface area (Å²) in [5, 5.41) is 0. The van der Waals surface area contributed by atoms with Gasteiger partial charge in [0, 0.05) is 12.8 Å². The molecule has 0 heterocycles. The van der Waals surface area contributed by atoms with E-state index in [4.69, 9.17) is 18.5 Å². The molecule has 358 valence electrons. The van der Waals surface area contributed by atoms with Gasteiger partial charge >= 0.3 is 19.8 Å². The molecular weight excluding hydrogens is 774 g/mol. The smallest absolute Gasteiger partial charge is 0.462 e. The van der Waals surface area contributed by atoms with Crippen molar-refractivity contribution in [3.8, 4) is 0 Å². The predicted molar refractivity (Wildman–Crippen MR) is 252 cm³/mol. The van der Waals surface area contributed by atoms with E-state index in [0.29, 0.717) is 17.4 Å². The second kappa shape index (κ2) is 43.3. The van der Waals surface area contributed by atoms with E-state index in [1.54, 1.807) is 0 Å². The van der Waals surface area contributed by atoms with Crippen LogP contribution < -0.4 is 0 Å². The molecule has 10 heteroatoms. The van der Waals surface area contributed by atoms with Crippen molar-refractivity contribution in [3.63, 3.8) is 0 Å². The van der Waals surface area contributed by atoms with Crippen LogP contribution in [0.5, 0.6) is 0 Å². The van der Waals surface area contributed by atoms with Gasteiger partial charge in [0.25, 0.3) is 0 Å². The van der Waals surface area contributed by atoms with E-state index in [1.807, 2.05) is 21.1 Å². The van der Waals surface area contributed by atoms with Crippen LogP contribution in [-0.2, 0) is 32.7 Å². The average molecular weight is 875 g/mol. The number of quaternary nitrogens is 1. The molecule has 0 amide bonds. The number of carbonyl (C=O) groups is 2. The Bertz CT molecular complexity index is 990. The maximum atomic E-state index is 12.7. The number of phosphoric ester groups is 1. The largest absolute Gasteiger partial charge is 0.472 e. The molecule has 0 aromatic heterocycles. The van der Waals surface area contributed by atoms with Gasteiger partial charge < -0.3 is 18.9 Å². The Kier molecular flexibility index (Phi) is 42.6. The van der Waals surface area contributed by atoms with Crippen LogP contribution in [0.4, 0.5) is 0 Å². The molecule has 1 N–H and O–H groups in total. The number of esters is 2. The Morgan fingerprint density at radius 2 is 0.750 bits per heavy atom. The van der Waals surface area contributed by atoms with Crippen LogP contribution >= 0.6 is 7.82 Å². The first-order valence-corrected chi connectivity index (χ1v) is 27.3. The molecule has 0 saturated heterocycles. The van der Waals surface area contributed by atoms with Crippen LogP contribution in [0, 0.1) is 0 Å². The Hall–Kier alpha value is -0.990. The Balaban J connectivity index is 3.96. The summed E-state index contributed by atoms with van der Waals surface area (Å²) in [7, 11) is 1.49. The minimum absolute atomic E-state index is 0.0367. The van der Waals surface area contributed by atoms with Crippen molar-refractivity contribution in [2.24, 2.45) is 0 Å². The van der Waals surface area contributed by atoms with Crippen LogP contribution in [0.2, 0.25) is 0 Å². The summed E-state index contributed by atoms with van der Waals surface area (Å²) in [6.45, 7) is 4.44. The summed E-state index contributed by atoms with van der Waals surface area (Å²) >= 11 is 0. The molecule has 2 atom stereocenters. The van der Waals surface area contributed by atoms with Gasteiger partial charge in [0.05, 0.1) is 27.7 Å². The van der Waals surface area contributed by atoms with E-state index in [1.165, 1.54) is 193 Å². The number of phosphoric acid groups is 1. The summed E-state index contributed by atoms with van der Waals surface area (Å²) in [6.07, 6.45) is 46.2. The Labute approximate surface area is 372 Å². The third-order valence-electron chi connectivity index (χ3n) is 11.6. The van der Waals surface area contributed by atoms with Crippen molar-refractivity contribution in [1.82, 2.24) is 0 Å². The molecule has 0 spiro atoms. The van der Waals surface area contributed by atoms with Crippen molar-refractivity contribution in [2.45, 2.75) is 264 Å². The van der Waals surface area contributed by atoms with E-state index in [9.17, 15) is 19.0 Å². The van der Waals surface area contributed by atoms with Gasteiger partial charge in [0.15, 0.2) is 6.10 Å². The van der Waals surface area contributed by atoms with Gasteiger partial charge in [0.1, 0.15) is 19.8 Å². The molecular formula is C50H101NO8P+. The van der Waals surface area contributed by atoms with Crippen molar-refractivity contribution >= 4 is 19.8 Å². The van der Waals surface area contributed by atoms with Crippen LogP contribution in [-0.4, -0.2) is 74.9 Å². The second-order valence-corrected chi connectivity index (χ2v) is 20.4. The molecule has 0 aliphatic carbocycles. The van der Waals surface area contributed by atoms with Crippen molar-refractivity contribution in [1.29, 1.82) is 0 Å². The summed E-state index contributed by atoms with van der Waals surface area (Å²) < 4.78 is 34.3. The fraction of sp³-hybridized carbons (Fsp3) is 0.960. The van der Waals surface area contributed by atoms with Gasteiger partial charge in [-0.05, 0) is 12.8 Å². The van der Waals surface area contributed by atoms with E-state index in [0.717, 1.165) is 38.5 Å². The highest BCUT2D eigenvalue weighted by atomic mass is 31.2. The van der Waals surface area contributed by atoms with Crippen LogP contribution in [0.25, 0.3) is 0 Å². The lowest BCUT2D eigenvalue weighted by molar-refractivity contribution is -0.870.